The van der Waals surface area contributed by atoms with E-state index in [1.54, 1.807) is 5.56 Å². The molecule has 4 rings (SSSR count). The number of hydrogen-bond acceptors (Lipinski definition) is 0. The van der Waals surface area contributed by atoms with Crippen molar-refractivity contribution in [1.29, 1.82) is 0 Å². The molecule has 0 nitrogen and oxygen atoms in total. The first-order chi connectivity index (χ1) is 17.6. The lowest BCUT2D eigenvalue weighted by atomic mass is 9.63. The molecule has 0 heterocycles. The molecule has 0 amide bonds. The normalized spacial score (nSPS) is 22.9. The molecule has 2 aromatic carbocycles. The fourth-order valence-electron chi connectivity index (χ4n) is 7.79. The molecule has 1 atom stereocenters. The zero-order chi connectivity index (χ0) is 25.2. The highest BCUT2D eigenvalue weighted by atomic mass is 14.4. The van der Waals surface area contributed by atoms with E-state index in [9.17, 15) is 0 Å². The summed E-state index contributed by atoms with van der Waals surface area (Å²) in [5.74, 6) is 2.68. The minimum atomic E-state index is 0.652. The molecule has 0 heteroatoms. The third kappa shape index (κ3) is 7.26. The van der Waals surface area contributed by atoms with Crippen LogP contribution in [0.4, 0.5) is 0 Å². The molecule has 2 aliphatic rings. The topological polar surface area (TPSA) is 0 Å². The van der Waals surface area contributed by atoms with E-state index in [0.29, 0.717) is 5.41 Å². The number of rotatable bonds is 12. The first-order valence-corrected chi connectivity index (χ1v) is 15.8. The zero-order valence-corrected chi connectivity index (χ0v) is 23.9. The number of unbranched alkanes of at least 4 members (excludes halogenated alkanes) is 1. The summed E-state index contributed by atoms with van der Waals surface area (Å²) in [6.07, 6.45) is 24.0. The lowest BCUT2D eigenvalue weighted by Crippen LogP contribution is -2.31. The van der Waals surface area contributed by atoms with Crippen LogP contribution in [0.15, 0.2) is 48.5 Å². The summed E-state index contributed by atoms with van der Waals surface area (Å²) >= 11 is 0. The van der Waals surface area contributed by atoms with Crippen LogP contribution >= 0.6 is 0 Å². The van der Waals surface area contributed by atoms with Gasteiger partial charge in [0.25, 0.3) is 0 Å². The average Bonchev–Trinajstić information content (AvgIpc) is 2.93. The van der Waals surface area contributed by atoms with Crippen molar-refractivity contribution < 1.29 is 0 Å². The summed E-state index contributed by atoms with van der Waals surface area (Å²) in [4.78, 5) is 0. The van der Waals surface area contributed by atoms with Crippen LogP contribution in [0.3, 0.4) is 0 Å². The van der Waals surface area contributed by atoms with E-state index in [2.05, 4.69) is 69.3 Å². The largest absolute Gasteiger partial charge is 0.0654 e. The van der Waals surface area contributed by atoms with Crippen LogP contribution in [0.5, 0.6) is 0 Å². The van der Waals surface area contributed by atoms with E-state index >= 15 is 0 Å². The summed E-state index contributed by atoms with van der Waals surface area (Å²) in [5, 5.41) is 0. The monoisotopic (exact) mass is 486 g/mol. The van der Waals surface area contributed by atoms with Gasteiger partial charge in [0.1, 0.15) is 0 Å². The molecule has 2 aliphatic carbocycles. The number of hydrogen-bond donors (Lipinski definition) is 0. The molecule has 36 heavy (non-hydrogen) atoms. The molecular weight excluding hydrogens is 432 g/mol. The predicted octanol–water partition coefficient (Wildman–Crippen LogP) is 11.5. The maximum atomic E-state index is 2.55. The molecular formula is C36H54. The Bertz CT molecular complexity index is 859. The van der Waals surface area contributed by atoms with Crippen LogP contribution in [0.25, 0.3) is 11.1 Å². The predicted molar refractivity (Wildman–Crippen MR) is 159 cm³/mol. The highest BCUT2D eigenvalue weighted by Gasteiger charge is 2.36. The fraction of sp³-hybridized carbons (Fsp3) is 0.667. The van der Waals surface area contributed by atoms with Gasteiger partial charge in [0.05, 0.1) is 0 Å². The maximum Gasteiger partial charge on any atom is -0.0162 e. The highest BCUT2D eigenvalue weighted by Crippen LogP contribution is 2.48. The van der Waals surface area contributed by atoms with Gasteiger partial charge >= 0.3 is 0 Å². The summed E-state index contributed by atoms with van der Waals surface area (Å²) in [5.41, 5.74) is 6.47. The van der Waals surface area contributed by atoms with E-state index < -0.39 is 0 Å². The van der Waals surface area contributed by atoms with Gasteiger partial charge in [-0.05, 0) is 103 Å². The van der Waals surface area contributed by atoms with Crippen LogP contribution in [-0.2, 0) is 6.42 Å². The van der Waals surface area contributed by atoms with Crippen molar-refractivity contribution in [2.45, 2.75) is 136 Å². The van der Waals surface area contributed by atoms with Crippen LogP contribution in [0, 0.1) is 17.3 Å². The first kappa shape index (κ1) is 27.5. The molecule has 2 saturated carbocycles. The van der Waals surface area contributed by atoms with E-state index in [1.165, 1.54) is 126 Å². The van der Waals surface area contributed by atoms with E-state index in [0.717, 1.165) is 17.8 Å². The Kier molecular flexibility index (Phi) is 10.6. The summed E-state index contributed by atoms with van der Waals surface area (Å²) in [7, 11) is 0. The SMILES string of the molecule is CCCC1CCC(c2ccc(-c3ccc(CCCCC4(C(C)CCC)CCCCC4)cc3)cc2)CC1. The molecule has 2 aromatic rings. The van der Waals surface area contributed by atoms with Crippen LogP contribution in [0.2, 0.25) is 0 Å². The van der Waals surface area contributed by atoms with Crippen molar-refractivity contribution in [2.24, 2.45) is 17.3 Å². The number of aryl methyl sites for hydroxylation is 1. The minimum absolute atomic E-state index is 0.652. The molecule has 0 saturated heterocycles. The van der Waals surface area contributed by atoms with Gasteiger partial charge < -0.3 is 0 Å². The van der Waals surface area contributed by atoms with Crippen LogP contribution in [-0.4, -0.2) is 0 Å². The Labute approximate surface area is 223 Å². The van der Waals surface area contributed by atoms with Gasteiger partial charge in [0.2, 0.25) is 0 Å². The van der Waals surface area contributed by atoms with Gasteiger partial charge in [0.15, 0.2) is 0 Å². The van der Waals surface area contributed by atoms with Gasteiger partial charge in [-0.15, -0.1) is 0 Å². The smallest absolute Gasteiger partial charge is 0.0162 e. The second kappa shape index (κ2) is 13.8. The van der Waals surface area contributed by atoms with Gasteiger partial charge in [0, 0.05) is 0 Å². The summed E-state index contributed by atoms with van der Waals surface area (Å²) in [6, 6.07) is 19.0. The molecule has 1 unspecified atom stereocenters. The highest BCUT2D eigenvalue weighted by molar-refractivity contribution is 5.64. The van der Waals surface area contributed by atoms with Crippen LogP contribution in [0.1, 0.15) is 141 Å². The third-order valence-electron chi connectivity index (χ3n) is 10.2. The molecule has 198 valence electrons. The quantitative estimate of drug-likeness (QED) is 0.262. The first-order valence-electron chi connectivity index (χ1n) is 15.8. The Hall–Kier alpha value is -1.56. The van der Waals surface area contributed by atoms with Crippen molar-refractivity contribution >= 4 is 0 Å². The van der Waals surface area contributed by atoms with E-state index in [-0.39, 0.29) is 0 Å². The van der Waals surface area contributed by atoms with Crippen molar-refractivity contribution in [3.63, 3.8) is 0 Å². The zero-order valence-electron chi connectivity index (χ0n) is 23.9. The van der Waals surface area contributed by atoms with E-state index in [1.807, 2.05) is 0 Å². The molecule has 0 N–H and O–H groups in total. The lowest BCUT2D eigenvalue weighted by Gasteiger charge is -2.43. The fourth-order valence-corrected chi connectivity index (χ4v) is 7.79. The maximum absolute atomic E-state index is 2.55. The summed E-state index contributed by atoms with van der Waals surface area (Å²) in [6.45, 7) is 7.25. The van der Waals surface area contributed by atoms with Crippen molar-refractivity contribution in [3.05, 3.63) is 59.7 Å². The second-order valence-corrected chi connectivity index (χ2v) is 12.6. The summed E-state index contributed by atoms with van der Waals surface area (Å²) < 4.78 is 0. The Balaban J connectivity index is 1.25. The Morgan fingerprint density at radius 3 is 2.00 bits per heavy atom. The minimum Gasteiger partial charge on any atom is -0.0654 e. The average molecular weight is 487 g/mol. The number of benzene rings is 2. The van der Waals surface area contributed by atoms with Gasteiger partial charge in [-0.1, -0.05) is 121 Å². The Morgan fingerprint density at radius 2 is 1.39 bits per heavy atom. The molecule has 0 radical (unpaired) electrons. The van der Waals surface area contributed by atoms with Gasteiger partial charge in [-0.3, -0.25) is 0 Å². The van der Waals surface area contributed by atoms with Crippen molar-refractivity contribution in [2.75, 3.05) is 0 Å². The lowest BCUT2D eigenvalue weighted by molar-refractivity contribution is 0.0845. The molecule has 2 fully saturated rings. The standard InChI is InChI=1S/C36H54/c1-4-11-29(3)36(26-8-6-9-27-36)28-10-7-13-31-16-20-33(21-17-31)35-24-22-34(23-25-35)32-18-14-30(12-5-2)15-19-32/h16-17,20-25,29-30,32H,4-15,18-19,26-28H2,1-3H3. The van der Waals surface area contributed by atoms with Gasteiger partial charge in [-0.2, -0.15) is 0 Å². The molecule has 0 aromatic heterocycles. The second-order valence-electron chi connectivity index (χ2n) is 12.6. The third-order valence-corrected chi connectivity index (χ3v) is 10.2. The molecule has 0 spiro atoms. The van der Waals surface area contributed by atoms with Crippen molar-refractivity contribution in [3.8, 4) is 11.1 Å². The van der Waals surface area contributed by atoms with Crippen molar-refractivity contribution in [1.82, 2.24) is 0 Å². The molecule has 0 bridgehead atoms. The van der Waals surface area contributed by atoms with Gasteiger partial charge in [-0.25, -0.2) is 0 Å². The van der Waals surface area contributed by atoms with E-state index in [4.69, 9.17) is 0 Å². The molecule has 0 aliphatic heterocycles. The van der Waals surface area contributed by atoms with Crippen LogP contribution < -0.4 is 0 Å². The Morgan fingerprint density at radius 1 is 0.750 bits per heavy atom.